The van der Waals surface area contributed by atoms with Crippen molar-refractivity contribution in [1.82, 2.24) is 15.3 Å². The Morgan fingerprint density at radius 3 is 2.72 bits per heavy atom. The highest BCUT2D eigenvalue weighted by Crippen LogP contribution is 2.15. The van der Waals surface area contributed by atoms with Crippen molar-refractivity contribution in [3.8, 4) is 0 Å². The number of carbonyl (C=O) groups is 1. The van der Waals surface area contributed by atoms with E-state index in [-0.39, 0.29) is 17.4 Å². The van der Waals surface area contributed by atoms with E-state index >= 15 is 0 Å². The molecule has 0 aliphatic carbocycles. The van der Waals surface area contributed by atoms with Gasteiger partial charge in [-0.3, -0.25) is 4.79 Å². The summed E-state index contributed by atoms with van der Waals surface area (Å²) >= 11 is 0. The van der Waals surface area contributed by atoms with E-state index in [1.165, 1.54) is 24.5 Å². The molecule has 3 rings (SSSR count). The minimum Gasteiger partial charge on any atom is -0.347 e. The minimum atomic E-state index is -0.352. The Morgan fingerprint density at radius 1 is 1.08 bits per heavy atom. The predicted octanol–water partition coefficient (Wildman–Crippen LogP) is 3.60. The van der Waals surface area contributed by atoms with Crippen molar-refractivity contribution >= 4 is 17.4 Å². The summed E-state index contributed by atoms with van der Waals surface area (Å²) in [5, 5.41) is 5.79. The molecule has 0 aliphatic rings. The summed E-state index contributed by atoms with van der Waals surface area (Å²) in [5.41, 5.74) is 2.94. The standard InChI is InChI=1S/C19H17FN4O/c1-13-5-2-3-6-14(13)11-21-19(25)17-10-18(23-12-22-17)24-16-8-4-7-15(20)9-16/h2-10,12H,11H2,1H3,(H,21,25)(H,22,23,24). The van der Waals surface area contributed by atoms with Gasteiger partial charge in [-0.05, 0) is 36.2 Å². The fourth-order valence-electron chi connectivity index (χ4n) is 2.34. The molecule has 1 heterocycles. The van der Waals surface area contributed by atoms with Gasteiger partial charge >= 0.3 is 0 Å². The Balaban J connectivity index is 1.68. The van der Waals surface area contributed by atoms with Crippen molar-refractivity contribution in [2.24, 2.45) is 0 Å². The number of aryl methyl sites for hydroxylation is 1. The lowest BCUT2D eigenvalue weighted by Crippen LogP contribution is -2.24. The number of rotatable bonds is 5. The highest BCUT2D eigenvalue weighted by atomic mass is 19.1. The number of anilines is 2. The number of nitrogens with one attached hydrogen (secondary N) is 2. The Bertz CT molecular complexity index is 898. The summed E-state index contributed by atoms with van der Waals surface area (Å²) in [6.45, 7) is 2.41. The Labute approximate surface area is 145 Å². The summed E-state index contributed by atoms with van der Waals surface area (Å²) in [4.78, 5) is 20.3. The van der Waals surface area contributed by atoms with Crippen LogP contribution in [0.3, 0.4) is 0 Å². The molecule has 0 unspecified atom stereocenters. The number of benzene rings is 2. The first-order chi connectivity index (χ1) is 12.1. The summed E-state index contributed by atoms with van der Waals surface area (Å²) in [6.07, 6.45) is 1.30. The van der Waals surface area contributed by atoms with E-state index in [9.17, 15) is 9.18 Å². The maximum Gasteiger partial charge on any atom is 0.270 e. The Morgan fingerprint density at radius 2 is 1.92 bits per heavy atom. The smallest absolute Gasteiger partial charge is 0.270 e. The van der Waals surface area contributed by atoms with Crippen molar-refractivity contribution in [2.75, 3.05) is 5.32 Å². The third kappa shape index (κ3) is 4.38. The van der Waals surface area contributed by atoms with E-state index in [0.29, 0.717) is 18.1 Å². The molecule has 126 valence electrons. The maximum atomic E-state index is 13.2. The molecule has 0 saturated heterocycles. The summed E-state index contributed by atoms with van der Waals surface area (Å²) in [5.74, 6) is -0.232. The first-order valence-electron chi connectivity index (χ1n) is 7.79. The van der Waals surface area contributed by atoms with Crippen LogP contribution in [0, 0.1) is 12.7 Å². The van der Waals surface area contributed by atoms with Crippen molar-refractivity contribution in [3.05, 3.63) is 83.6 Å². The average molecular weight is 336 g/mol. The lowest BCUT2D eigenvalue weighted by atomic mass is 10.1. The molecule has 1 amide bonds. The van der Waals surface area contributed by atoms with Gasteiger partial charge in [0.1, 0.15) is 23.7 Å². The maximum absolute atomic E-state index is 13.2. The molecule has 0 radical (unpaired) electrons. The Kier molecular flexibility index (Phi) is 4.99. The van der Waals surface area contributed by atoms with Gasteiger partial charge in [-0.25, -0.2) is 14.4 Å². The van der Waals surface area contributed by atoms with Gasteiger partial charge in [-0.1, -0.05) is 30.3 Å². The zero-order chi connectivity index (χ0) is 17.6. The Hall–Kier alpha value is -3.28. The van der Waals surface area contributed by atoms with Gasteiger partial charge in [0.2, 0.25) is 0 Å². The number of hydrogen-bond donors (Lipinski definition) is 2. The molecule has 0 saturated carbocycles. The van der Waals surface area contributed by atoms with Gasteiger partial charge in [0.15, 0.2) is 0 Å². The van der Waals surface area contributed by atoms with Crippen LogP contribution in [0.4, 0.5) is 15.9 Å². The number of carbonyl (C=O) groups excluding carboxylic acids is 1. The minimum absolute atomic E-state index is 0.238. The number of halogens is 1. The van der Waals surface area contributed by atoms with Crippen LogP contribution < -0.4 is 10.6 Å². The lowest BCUT2D eigenvalue weighted by Gasteiger charge is -2.09. The van der Waals surface area contributed by atoms with Crippen LogP contribution in [0.25, 0.3) is 0 Å². The van der Waals surface area contributed by atoms with Gasteiger partial charge in [0, 0.05) is 18.3 Å². The first kappa shape index (κ1) is 16.6. The predicted molar refractivity (Wildman–Crippen MR) is 94.1 cm³/mol. The van der Waals surface area contributed by atoms with Crippen molar-refractivity contribution in [3.63, 3.8) is 0 Å². The highest BCUT2D eigenvalue weighted by Gasteiger charge is 2.09. The third-order valence-electron chi connectivity index (χ3n) is 3.70. The summed E-state index contributed by atoms with van der Waals surface area (Å²) in [7, 11) is 0. The molecular weight excluding hydrogens is 319 g/mol. The highest BCUT2D eigenvalue weighted by molar-refractivity contribution is 5.92. The normalized spacial score (nSPS) is 10.3. The molecule has 1 aromatic heterocycles. The molecule has 5 nitrogen and oxygen atoms in total. The second kappa shape index (κ2) is 7.53. The van der Waals surface area contributed by atoms with E-state index in [1.807, 2.05) is 31.2 Å². The van der Waals surface area contributed by atoms with Gasteiger partial charge in [-0.15, -0.1) is 0 Å². The molecule has 0 fully saturated rings. The molecule has 0 spiro atoms. The molecule has 3 aromatic rings. The molecule has 0 aliphatic heterocycles. The second-order valence-electron chi connectivity index (χ2n) is 5.53. The van der Waals surface area contributed by atoms with Crippen LogP contribution in [0.2, 0.25) is 0 Å². The third-order valence-corrected chi connectivity index (χ3v) is 3.70. The van der Waals surface area contributed by atoms with Crippen LogP contribution in [-0.4, -0.2) is 15.9 Å². The van der Waals surface area contributed by atoms with Crippen LogP contribution in [0.15, 0.2) is 60.9 Å². The van der Waals surface area contributed by atoms with E-state index < -0.39 is 0 Å². The summed E-state index contributed by atoms with van der Waals surface area (Å²) in [6, 6.07) is 15.4. The van der Waals surface area contributed by atoms with Gasteiger partial charge < -0.3 is 10.6 Å². The second-order valence-corrected chi connectivity index (χ2v) is 5.53. The van der Waals surface area contributed by atoms with Crippen LogP contribution in [-0.2, 0) is 6.54 Å². The zero-order valence-electron chi connectivity index (χ0n) is 13.7. The van der Waals surface area contributed by atoms with E-state index in [2.05, 4.69) is 20.6 Å². The van der Waals surface area contributed by atoms with E-state index in [4.69, 9.17) is 0 Å². The monoisotopic (exact) mass is 336 g/mol. The van der Waals surface area contributed by atoms with Crippen LogP contribution in [0.5, 0.6) is 0 Å². The molecule has 0 atom stereocenters. The quantitative estimate of drug-likeness (QED) is 0.747. The lowest BCUT2D eigenvalue weighted by molar-refractivity contribution is 0.0945. The van der Waals surface area contributed by atoms with E-state index in [0.717, 1.165) is 11.1 Å². The SMILES string of the molecule is Cc1ccccc1CNC(=O)c1cc(Nc2cccc(F)c2)ncn1. The number of nitrogens with zero attached hydrogens (tertiary/aromatic N) is 2. The van der Waals surface area contributed by atoms with E-state index in [1.54, 1.807) is 12.1 Å². The molecule has 6 heteroatoms. The molecule has 0 bridgehead atoms. The number of hydrogen-bond acceptors (Lipinski definition) is 4. The van der Waals surface area contributed by atoms with Crippen LogP contribution in [0.1, 0.15) is 21.6 Å². The summed E-state index contributed by atoms with van der Waals surface area (Å²) < 4.78 is 13.2. The fourth-order valence-corrected chi connectivity index (χ4v) is 2.34. The van der Waals surface area contributed by atoms with Crippen molar-refractivity contribution in [2.45, 2.75) is 13.5 Å². The first-order valence-corrected chi connectivity index (χ1v) is 7.79. The fraction of sp³-hybridized carbons (Fsp3) is 0.105. The molecule has 2 N–H and O–H groups in total. The number of amides is 1. The average Bonchev–Trinajstić information content (AvgIpc) is 2.61. The van der Waals surface area contributed by atoms with Crippen molar-refractivity contribution in [1.29, 1.82) is 0 Å². The van der Waals surface area contributed by atoms with Gasteiger partial charge in [0.05, 0.1) is 0 Å². The number of aromatic nitrogens is 2. The van der Waals surface area contributed by atoms with Crippen molar-refractivity contribution < 1.29 is 9.18 Å². The van der Waals surface area contributed by atoms with Gasteiger partial charge in [0.25, 0.3) is 5.91 Å². The topological polar surface area (TPSA) is 66.9 Å². The van der Waals surface area contributed by atoms with Crippen LogP contribution >= 0.6 is 0 Å². The zero-order valence-corrected chi connectivity index (χ0v) is 13.7. The van der Waals surface area contributed by atoms with Gasteiger partial charge in [-0.2, -0.15) is 0 Å². The molecule has 2 aromatic carbocycles. The molecule has 25 heavy (non-hydrogen) atoms. The largest absolute Gasteiger partial charge is 0.347 e. The molecular formula is C19H17FN4O.